The molecule has 1 aromatic rings. The van der Waals surface area contributed by atoms with Gasteiger partial charge < -0.3 is 25.0 Å². The van der Waals surface area contributed by atoms with Crippen molar-refractivity contribution in [2.75, 3.05) is 45.7 Å². The quantitative estimate of drug-likeness (QED) is 0.815. The summed E-state index contributed by atoms with van der Waals surface area (Å²) in [5.74, 6) is 0.0887. The predicted molar refractivity (Wildman–Crippen MR) is 93.9 cm³/mol. The zero-order valence-corrected chi connectivity index (χ0v) is 14.9. The summed E-state index contributed by atoms with van der Waals surface area (Å²) >= 11 is 0. The Hall–Kier alpha value is -1.83. The molecule has 134 valence electrons. The Morgan fingerprint density at radius 2 is 2.17 bits per heavy atom. The van der Waals surface area contributed by atoms with E-state index < -0.39 is 6.10 Å². The first-order chi connectivity index (χ1) is 11.0. The molecule has 2 amide bonds. The van der Waals surface area contributed by atoms with Crippen LogP contribution in [0.5, 0.6) is 5.75 Å². The molecule has 1 heterocycles. The molecule has 0 aliphatic carbocycles. The van der Waals surface area contributed by atoms with Crippen LogP contribution in [0.2, 0.25) is 0 Å². The van der Waals surface area contributed by atoms with Gasteiger partial charge in [0.1, 0.15) is 11.9 Å². The van der Waals surface area contributed by atoms with E-state index >= 15 is 0 Å². The lowest BCUT2D eigenvalue weighted by atomic mass is 10.2. The maximum Gasteiger partial charge on any atom is 0.259 e. The van der Waals surface area contributed by atoms with Crippen LogP contribution in [-0.2, 0) is 14.3 Å². The smallest absolute Gasteiger partial charge is 0.259 e. The number of hydrogen-bond acceptors (Lipinski definition) is 5. The summed E-state index contributed by atoms with van der Waals surface area (Å²) in [5.41, 5.74) is 1.51. The summed E-state index contributed by atoms with van der Waals surface area (Å²) in [7, 11) is 3.33. The fraction of sp³-hybridized carbons (Fsp3) is 0.500. The second kappa shape index (κ2) is 9.46. The van der Waals surface area contributed by atoms with Crippen LogP contribution in [0.4, 0.5) is 5.69 Å². The number of morpholine rings is 1. The Balaban J connectivity index is 0.00000288. The lowest BCUT2D eigenvalue weighted by Crippen LogP contribution is -2.45. The van der Waals surface area contributed by atoms with E-state index in [2.05, 4.69) is 10.6 Å². The highest BCUT2D eigenvalue weighted by molar-refractivity contribution is 5.95. The number of amides is 2. The van der Waals surface area contributed by atoms with E-state index in [0.717, 1.165) is 12.1 Å². The topological polar surface area (TPSA) is 79.9 Å². The lowest BCUT2D eigenvalue weighted by molar-refractivity contribution is -0.130. The van der Waals surface area contributed by atoms with Crippen molar-refractivity contribution in [3.8, 4) is 5.75 Å². The maximum atomic E-state index is 12.2. The number of ether oxygens (including phenoxy) is 2. The zero-order valence-electron chi connectivity index (χ0n) is 14.1. The molecule has 24 heavy (non-hydrogen) atoms. The molecule has 8 heteroatoms. The van der Waals surface area contributed by atoms with Gasteiger partial charge in [-0.15, -0.1) is 12.4 Å². The van der Waals surface area contributed by atoms with Crippen molar-refractivity contribution in [3.63, 3.8) is 0 Å². The molecule has 2 rings (SSSR count). The standard InChI is InChI=1S/C16H23N3O4.ClH/c1-11-4-5-12(13(8-11)23-10-15(20)19(2)3)18-16(21)14-9-17-6-7-22-14;/h4-5,8,14,17H,6-7,9-10H2,1-3H3,(H,18,21);1H. The number of nitrogens with zero attached hydrogens (tertiary/aromatic N) is 1. The average Bonchev–Trinajstić information content (AvgIpc) is 2.55. The van der Waals surface area contributed by atoms with Gasteiger partial charge in [-0.1, -0.05) is 6.07 Å². The highest BCUT2D eigenvalue weighted by Gasteiger charge is 2.22. The normalized spacial score (nSPS) is 16.7. The third-order valence-electron chi connectivity index (χ3n) is 3.46. The minimum Gasteiger partial charge on any atom is -0.482 e. The Morgan fingerprint density at radius 1 is 1.42 bits per heavy atom. The molecule has 1 unspecified atom stereocenters. The molecule has 0 aromatic heterocycles. The van der Waals surface area contributed by atoms with E-state index in [0.29, 0.717) is 24.6 Å². The van der Waals surface area contributed by atoms with Gasteiger partial charge in [0, 0.05) is 27.2 Å². The molecule has 1 aliphatic heterocycles. The largest absolute Gasteiger partial charge is 0.482 e. The number of anilines is 1. The van der Waals surface area contributed by atoms with Crippen LogP contribution in [0, 0.1) is 6.92 Å². The predicted octanol–water partition coefficient (Wildman–Crippen LogP) is 0.811. The van der Waals surface area contributed by atoms with Gasteiger partial charge in [0.2, 0.25) is 0 Å². The van der Waals surface area contributed by atoms with Crippen LogP contribution in [-0.4, -0.2) is 63.2 Å². The average molecular weight is 358 g/mol. The van der Waals surface area contributed by atoms with Gasteiger partial charge in [-0.3, -0.25) is 9.59 Å². The number of hydrogen-bond donors (Lipinski definition) is 2. The van der Waals surface area contributed by atoms with Crippen molar-refractivity contribution in [1.29, 1.82) is 0 Å². The van der Waals surface area contributed by atoms with Crippen LogP contribution in [0.15, 0.2) is 18.2 Å². The van der Waals surface area contributed by atoms with Crippen molar-refractivity contribution in [1.82, 2.24) is 10.2 Å². The van der Waals surface area contributed by atoms with Gasteiger partial charge in [0.25, 0.3) is 11.8 Å². The first-order valence-electron chi connectivity index (χ1n) is 7.54. The molecule has 1 fully saturated rings. The van der Waals surface area contributed by atoms with Gasteiger partial charge >= 0.3 is 0 Å². The van der Waals surface area contributed by atoms with Crippen molar-refractivity contribution >= 4 is 29.9 Å². The van der Waals surface area contributed by atoms with E-state index in [1.807, 2.05) is 13.0 Å². The van der Waals surface area contributed by atoms with Gasteiger partial charge in [-0.25, -0.2) is 0 Å². The molecule has 0 saturated carbocycles. The molecule has 1 saturated heterocycles. The molecule has 1 atom stereocenters. The number of halogens is 1. The number of rotatable bonds is 5. The molecular formula is C16H24ClN3O4. The van der Waals surface area contributed by atoms with Crippen LogP contribution in [0.1, 0.15) is 5.56 Å². The molecule has 0 radical (unpaired) electrons. The number of benzene rings is 1. The van der Waals surface area contributed by atoms with E-state index in [9.17, 15) is 9.59 Å². The Bertz CT molecular complexity index is 574. The summed E-state index contributed by atoms with van der Waals surface area (Å²) in [6.07, 6.45) is -0.527. The monoisotopic (exact) mass is 357 g/mol. The maximum absolute atomic E-state index is 12.2. The molecule has 0 spiro atoms. The Labute approximate surface area is 148 Å². The first kappa shape index (κ1) is 20.2. The van der Waals surface area contributed by atoms with Crippen molar-refractivity contribution in [2.24, 2.45) is 0 Å². The van der Waals surface area contributed by atoms with E-state index in [1.54, 1.807) is 26.2 Å². The number of carbonyl (C=O) groups is 2. The minimum atomic E-state index is -0.527. The van der Waals surface area contributed by atoms with E-state index in [-0.39, 0.29) is 30.8 Å². The zero-order chi connectivity index (χ0) is 16.8. The van der Waals surface area contributed by atoms with Gasteiger partial charge in [-0.2, -0.15) is 0 Å². The van der Waals surface area contributed by atoms with Crippen LogP contribution in [0.25, 0.3) is 0 Å². The lowest BCUT2D eigenvalue weighted by Gasteiger charge is -2.23. The van der Waals surface area contributed by atoms with Crippen molar-refractivity contribution in [2.45, 2.75) is 13.0 Å². The minimum absolute atomic E-state index is 0. The second-order valence-electron chi connectivity index (χ2n) is 5.63. The number of nitrogens with one attached hydrogen (secondary N) is 2. The fourth-order valence-electron chi connectivity index (χ4n) is 2.07. The molecule has 0 bridgehead atoms. The summed E-state index contributed by atoms with van der Waals surface area (Å²) in [4.78, 5) is 25.4. The molecular weight excluding hydrogens is 334 g/mol. The van der Waals surface area contributed by atoms with Crippen LogP contribution >= 0.6 is 12.4 Å². The van der Waals surface area contributed by atoms with E-state index in [1.165, 1.54) is 4.90 Å². The second-order valence-corrected chi connectivity index (χ2v) is 5.63. The van der Waals surface area contributed by atoms with Crippen molar-refractivity contribution in [3.05, 3.63) is 23.8 Å². The first-order valence-corrected chi connectivity index (χ1v) is 7.54. The van der Waals surface area contributed by atoms with Gasteiger partial charge in [0.15, 0.2) is 6.61 Å². The van der Waals surface area contributed by atoms with Crippen LogP contribution in [0.3, 0.4) is 0 Å². The van der Waals surface area contributed by atoms with Gasteiger partial charge in [0.05, 0.1) is 12.3 Å². The Kier molecular flexibility index (Phi) is 7.97. The summed E-state index contributed by atoms with van der Waals surface area (Å²) < 4.78 is 11.0. The third kappa shape index (κ3) is 5.67. The van der Waals surface area contributed by atoms with Gasteiger partial charge in [-0.05, 0) is 24.6 Å². The summed E-state index contributed by atoms with van der Waals surface area (Å²) in [5, 5.41) is 5.92. The summed E-state index contributed by atoms with van der Waals surface area (Å²) in [6, 6.07) is 5.42. The summed E-state index contributed by atoms with van der Waals surface area (Å²) in [6.45, 7) is 3.57. The van der Waals surface area contributed by atoms with Crippen LogP contribution < -0.4 is 15.4 Å². The number of likely N-dealkylation sites (N-methyl/N-ethyl adjacent to an activating group) is 1. The SMILES string of the molecule is Cc1ccc(NC(=O)C2CNCCO2)c(OCC(=O)N(C)C)c1.Cl. The van der Waals surface area contributed by atoms with E-state index in [4.69, 9.17) is 9.47 Å². The Morgan fingerprint density at radius 3 is 2.79 bits per heavy atom. The van der Waals surface area contributed by atoms with Crippen molar-refractivity contribution < 1.29 is 19.1 Å². The number of aryl methyl sites for hydroxylation is 1. The molecule has 1 aliphatic rings. The molecule has 1 aromatic carbocycles. The fourth-order valence-corrected chi connectivity index (χ4v) is 2.07. The highest BCUT2D eigenvalue weighted by atomic mass is 35.5. The third-order valence-corrected chi connectivity index (χ3v) is 3.46. The molecule has 7 nitrogen and oxygen atoms in total. The number of carbonyl (C=O) groups excluding carboxylic acids is 2. The highest BCUT2D eigenvalue weighted by Crippen LogP contribution is 2.26. The molecule has 2 N–H and O–H groups in total.